The van der Waals surface area contributed by atoms with E-state index in [-0.39, 0.29) is 11.8 Å². The molecular weight excluding hydrogens is 328 g/mol. The van der Waals surface area contributed by atoms with Gasteiger partial charge in [0.25, 0.3) is 0 Å². The van der Waals surface area contributed by atoms with E-state index in [1.807, 2.05) is 55.5 Å². The Morgan fingerprint density at radius 3 is 2.04 bits per heavy atom. The van der Waals surface area contributed by atoms with Crippen LogP contribution in [0.3, 0.4) is 0 Å². The van der Waals surface area contributed by atoms with Crippen LogP contribution in [0, 0.1) is 12.3 Å². The van der Waals surface area contributed by atoms with Gasteiger partial charge in [-0.1, -0.05) is 42.5 Å². The summed E-state index contributed by atoms with van der Waals surface area (Å²) >= 11 is 0. The molecule has 0 spiro atoms. The second-order valence-corrected chi connectivity index (χ2v) is 6.69. The van der Waals surface area contributed by atoms with Gasteiger partial charge in [0, 0.05) is 18.7 Å². The summed E-state index contributed by atoms with van der Waals surface area (Å²) in [4.78, 5) is 25.2. The monoisotopic (exact) mass is 352 g/mol. The molecule has 3 rings (SSSR count). The number of methoxy groups -OCH3 is 1. The first-order valence-corrected chi connectivity index (χ1v) is 8.80. The lowest BCUT2D eigenvalue weighted by molar-refractivity contribution is -0.137. The molecule has 2 N–H and O–H groups in total. The van der Waals surface area contributed by atoms with Crippen molar-refractivity contribution in [1.29, 1.82) is 0 Å². The van der Waals surface area contributed by atoms with Gasteiger partial charge in [0.05, 0.1) is 7.11 Å². The number of nitrogens with one attached hydrogen (secondary N) is 2. The van der Waals surface area contributed by atoms with Crippen LogP contribution >= 0.6 is 0 Å². The van der Waals surface area contributed by atoms with Gasteiger partial charge in [-0.2, -0.15) is 0 Å². The molecule has 136 valence electrons. The van der Waals surface area contributed by atoms with Crippen molar-refractivity contribution in [2.24, 2.45) is 5.41 Å². The lowest BCUT2D eigenvalue weighted by Gasteiger charge is -2.17. The molecule has 0 radical (unpaired) electrons. The van der Waals surface area contributed by atoms with Gasteiger partial charge in [0.15, 0.2) is 0 Å². The van der Waals surface area contributed by atoms with Gasteiger partial charge < -0.3 is 15.4 Å². The number of aryl methyl sites for hydroxylation is 1. The van der Waals surface area contributed by atoms with Crippen LogP contribution in [0.5, 0.6) is 5.75 Å². The second kappa shape index (κ2) is 7.60. The summed E-state index contributed by atoms with van der Waals surface area (Å²) in [6.07, 6.45) is 1.18. The molecule has 26 heavy (non-hydrogen) atoms. The molecule has 1 fully saturated rings. The number of carbonyl (C=O) groups is 2. The van der Waals surface area contributed by atoms with Crippen molar-refractivity contribution in [1.82, 2.24) is 10.6 Å². The molecule has 2 aromatic carbocycles. The van der Waals surface area contributed by atoms with Crippen LogP contribution in [0.25, 0.3) is 0 Å². The first-order valence-electron chi connectivity index (χ1n) is 8.80. The molecule has 0 aromatic heterocycles. The number of benzene rings is 2. The van der Waals surface area contributed by atoms with Crippen LogP contribution in [-0.4, -0.2) is 18.9 Å². The summed E-state index contributed by atoms with van der Waals surface area (Å²) in [7, 11) is 1.60. The minimum atomic E-state index is -0.926. The van der Waals surface area contributed by atoms with E-state index in [1.165, 1.54) is 0 Å². The van der Waals surface area contributed by atoms with E-state index in [0.717, 1.165) is 22.4 Å². The topological polar surface area (TPSA) is 67.4 Å². The lowest BCUT2D eigenvalue weighted by atomic mass is 10.0. The predicted molar refractivity (Wildman–Crippen MR) is 99.5 cm³/mol. The van der Waals surface area contributed by atoms with Crippen molar-refractivity contribution in [2.45, 2.75) is 32.9 Å². The number of hydrogen-bond acceptors (Lipinski definition) is 3. The Bertz CT molecular complexity index is 812. The summed E-state index contributed by atoms with van der Waals surface area (Å²) in [5.41, 5.74) is 2.15. The van der Waals surface area contributed by atoms with E-state index < -0.39 is 5.41 Å². The lowest BCUT2D eigenvalue weighted by Crippen LogP contribution is -2.42. The average Bonchev–Trinajstić information content (AvgIpc) is 3.47. The highest BCUT2D eigenvalue weighted by Gasteiger charge is 2.56. The smallest absolute Gasteiger partial charge is 0.235 e. The predicted octanol–water partition coefficient (Wildman–Crippen LogP) is 2.72. The van der Waals surface area contributed by atoms with Crippen LogP contribution in [-0.2, 0) is 22.7 Å². The first kappa shape index (κ1) is 18.0. The van der Waals surface area contributed by atoms with Crippen LogP contribution in [0.15, 0.2) is 48.5 Å². The third-order valence-electron chi connectivity index (χ3n) is 4.95. The molecule has 5 heteroatoms. The standard InChI is InChI=1S/C21H24N2O3/c1-15-7-3-4-8-16(15)13-22-19(24)21(11-12-21)20(25)23-14-17-9-5-6-10-18(17)26-2/h3-10H,11-14H2,1-2H3,(H,22,24)(H,23,25). The van der Waals surface area contributed by atoms with Crippen LogP contribution in [0.2, 0.25) is 0 Å². The van der Waals surface area contributed by atoms with Crippen LogP contribution in [0.1, 0.15) is 29.5 Å². The Balaban J connectivity index is 1.58. The van der Waals surface area contributed by atoms with Gasteiger partial charge in [0.1, 0.15) is 11.2 Å². The van der Waals surface area contributed by atoms with Crippen molar-refractivity contribution in [3.63, 3.8) is 0 Å². The molecule has 0 atom stereocenters. The molecule has 2 amide bonds. The third-order valence-corrected chi connectivity index (χ3v) is 4.95. The van der Waals surface area contributed by atoms with Crippen molar-refractivity contribution >= 4 is 11.8 Å². The normalized spacial score (nSPS) is 14.4. The van der Waals surface area contributed by atoms with Crippen molar-refractivity contribution in [3.05, 3.63) is 65.2 Å². The number of rotatable bonds is 7. The zero-order chi connectivity index (χ0) is 18.6. The van der Waals surface area contributed by atoms with E-state index in [2.05, 4.69) is 10.6 Å². The summed E-state index contributed by atoms with van der Waals surface area (Å²) in [6.45, 7) is 2.79. The number of para-hydroxylation sites is 1. The largest absolute Gasteiger partial charge is 0.496 e. The highest BCUT2D eigenvalue weighted by Crippen LogP contribution is 2.46. The molecule has 1 saturated carbocycles. The molecule has 1 aliphatic carbocycles. The fraction of sp³-hybridized carbons (Fsp3) is 0.333. The maximum atomic E-state index is 12.6. The van der Waals surface area contributed by atoms with Gasteiger partial charge in [-0.05, 0) is 37.0 Å². The number of hydrogen-bond donors (Lipinski definition) is 2. The van der Waals surface area contributed by atoms with Gasteiger partial charge >= 0.3 is 0 Å². The molecule has 2 aromatic rings. The van der Waals surface area contributed by atoms with Gasteiger partial charge in [0.2, 0.25) is 11.8 Å². The maximum Gasteiger partial charge on any atom is 0.235 e. The summed E-state index contributed by atoms with van der Waals surface area (Å²) in [6, 6.07) is 15.4. The fourth-order valence-electron chi connectivity index (χ4n) is 3.03. The highest BCUT2D eigenvalue weighted by molar-refractivity contribution is 6.07. The quantitative estimate of drug-likeness (QED) is 0.753. The van der Waals surface area contributed by atoms with Crippen molar-refractivity contribution in [3.8, 4) is 5.75 Å². The average molecular weight is 352 g/mol. The Morgan fingerprint density at radius 2 is 1.46 bits per heavy atom. The molecule has 0 heterocycles. The van der Waals surface area contributed by atoms with E-state index in [4.69, 9.17) is 4.74 Å². The van der Waals surface area contributed by atoms with E-state index >= 15 is 0 Å². The third kappa shape index (κ3) is 3.72. The summed E-state index contributed by atoms with van der Waals surface area (Å²) < 4.78 is 5.29. The number of carbonyl (C=O) groups excluding carboxylic acids is 2. The molecule has 0 saturated heterocycles. The van der Waals surface area contributed by atoms with E-state index in [1.54, 1.807) is 7.11 Å². The molecule has 5 nitrogen and oxygen atoms in total. The van der Waals surface area contributed by atoms with Gasteiger partial charge in [-0.15, -0.1) is 0 Å². The molecule has 0 aliphatic heterocycles. The van der Waals surface area contributed by atoms with Gasteiger partial charge in [-0.3, -0.25) is 9.59 Å². The van der Waals surface area contributed by atoms with Crippen LogP contribution < -0.4 is 15.4 Å². The van der Waals surface area contributed by atoms with Crippen molar-refractivity contribution < 1.29 is 14.3 Å². The first-order chi connectivity index (χ1) is 12.6. The van der Waals surface area contributed by atoms with E-state index in [9.17, 15) is 9.59 Å². The molecule has 1 aliphatic rings. The van der Waals surface area contributed by atoms with Crippen LogP contribution in [0.4, 0.5) is 0 Å². The Hall–Kier alpha value is -2.82. The Morgan fingerprint density at radius 1 is 0.923 bits per heavy atom. The zero-order valence-electron chi connectivity index (χ0n) is 15.2. The minimum Gasteiger partial charge on any atom is -0.496 e. The minimum absolute atomic E-state index is 0.196. The Kier molecular flexibility index (Phi) is 5.26. The highest BCUT2D eigenvalue weighted by atomic mass is 16.5. The molecule has 0 bridgehead atoms. The summed E-state index contributed by atoms with van der Waals surface area (Å²) in [5, 5.41) is 5.81. The zero-order valence-corrected chi connectivity index (χ0v) is 15.2. The van der Waals surface area contributed by atoms with Crippen molar-refractivity contribution in [2.75, 3.05) is 7.11 Å². The number of amides is 2. The SMILES string of the molecule is COc1ccccc1CNC(=O)C1(C(=O)NCc2ccccc2C)CC1. The maximum absolute atomic E-state index is 12.6. The molecular formula is C21H24N2O3. The fourth-order valence-corrected chi connectivity index (χ4v) is 3.03. The second-order valence-electron chi connectivity index (χ2n) is 6.69. The molecule has 0 unspecified atom stereocenters. The Labute approximate surface area is 153 Å². The van der Waals surface area contributed by atoms with Gasteiger partial charge in [-0.25, -0.2) is 0 Å². The van der Waals surface area contributed by atoms with E-state index in [0.29, 0.717) is 25.9 Å². The number of ether oxygens (including phenoxy) is 1. The summed E-state index contributed by atoms with van der Waals surface area (Å²) in [5.74, 6) is 0.311.